The highest BCUT2D eigenvalue weighted by Gasteiger charge is 2.31. The van der Waals surface area contributed by atoms with Gasteiger partial charge in [0.1, 0.15) is 6.04 Å². The SMILES string of the molecule is CCCNC(C(=O)O)C1CCC1. The van der Waals surface area contributed by atoms with Crippen molar-refractivity contribution in [2.24, 2.45) is 5.92 Å². The average Bonchev–Trinajstić information content (AvgIpc) is 1.93. The Kier molecular flexibility index (Phi) is 3.53. The molecule has 3 nitrogen and oxygen atoms in total. The van der Waals surface area contributed by atoms with Crippen molar-refractivity contribution in [1.82, 2.24) is 5.32 Å². The van der Waals surface area contributed by atoms with Gasteiger partial charge in [0.2, 0.25) is 0 Å². The maximum atomic E-state index is 10.8. The summed E-state index contributed by atoms with van der Waals surface area (Å²) in [4.78, 5) is 10.8. The van der Waals surface area contributed by atoms with Gasteiger partial charge in [0.05, 0.1) is 0 Å². The highest BCUT2D eigenvalue weighted by molar-refractivity contribution is 5.74. The second-order valence-corrected chi connectivity index (χ2v) is 3.46. The summed E-state index contributed by atoms with van der Waals surface area (Å²) in [5, 5.41) is 11.9. The van der Waals surface area contributed by atoms with Crippen LogP contribution in [0, 0.1) is 5.92 Å². The van der Waals surface area contributed by atoms with E-state index >= 15 is 0 Å². The maximum Gasteiger partial charge on any atom is 0.320 e. The number of nitrogens with one attached hydrogen (secondary N) is 1. The van der Waals surface area contributed by atoms with Gasteiger partial charge < -0.3 is 10.4 Å². The van der Waals surface area contributed by atoms with Crippen LogP contribution in [0.15, 0.2) is 0 Å². The third-order valence-electron chi connectivity index (χ3n) is 2.50. The number of hydrogen-bond acceptors (Lipinski definition) is 2. The van der Waals surface area contributed by atoms with Crippen LogP contribution in [-0.4, -0.2) is 23.7 Å². The number of rotatable bonds is 5. The first-order chi connectivity index (χ1) is 5.75. The molecule has 1 atom stereocenters. The van der Waals surface area contributed by atoms with E-state index in [-0.39, 0.29) is 6.04 Å². The molecule has 2 N–H and O–H groups in total. The first-order valence-electron chi connectivity index (χ1n) is 4.72. The van der Waals surface area contributed by atoms with E-state index in [2.05, 4.69) is 5.32 Å². The molecule has 0 aromatic rings. The van der Waals surface area contributed by atoms with E-state index in [0.29, 0.717) is 5.92 Å². The third kappa shape index (κ3) is 2.21. The molecule has 12 heavy (non-hydrogen) atoms. The first-order valence-corrected chi connectivity index (χ1v) is 4.72. The van der Waals surface area contributed by atoms with E-state index in [1.165, 1.54) is 6.42 Å². The van der Waals surface area contributed by atoms with Crippen LogP contribution in [-0.2, 0) is 4.79 Å². The Morgan fingerprint density at radius 2 is 2.33 bits per heavy atom. The number of aliphatic carboxylic acids is 1. The molecule has 1 aliphatic carbocycles. The second kappa shape index (κ2) is 4.45. The van der Waals surface area contributed by atoms with Gasteiger partial charge in [-0.1, -0.05) is 13.3 Å². The van der Waals surface area contributed by atoms with Gasteiger partial charge in [-0.3, -0.25) is 4.79 Å². The molecule has 0 spiro atoms. The first kappa shape index (κ1) is 9.52. The highest BCUT2D eigenvalue weighted by Crippen LogP contribution is 2.29. The van der Waals surface area contributed by atoms with E-state index in [1.54, 1.807) is 0 Å². The van der Waals surface area contributed by atoms with Gasteiger partial charge in [-0.2, -0.15) is 0 Å². The Bertz CT molecular complexity index is 155. The Labute approximate surface area is 73.2 Å². The van der Waals surface area contributed by atoms with Gasteiger partial charge in [0, 0.05) is 0 Å². The fourth-order valence-corrected chi connectivity index (χ4v) is 1.53. The molecule has 0 aliphatic heterocycles. The Morgan fingerprint density at radius 3 is 2.67 bits per heavy atom. The number of carbonyl (C=O) groups is 1. The number of carboxylic acids is 1. The minimum absolute atomic E-state index is 0.293. The fraction of sp³-hybridized carbons (Fsp3) is 0.889. The van der Waals surface area contributed by atoms with Crippen LogP contribution in [0.3, 0.4) is 0 Å². The molecule has 1 fully saturated rings. The summed E-state index contributed by atoms with van der Waals surface area (Å²) < 4.78 is 0. The molecule has 0 heterocycles. The van der Waals surface area contributed by atoms with Crippen LogP contribution in [0.5, 0.6) is 0 Å². The molecule has 70 valence electrons. The zero-order valence-corrected chi connectivity index (χ0v) is 7.55. The molecular formula is C9H17NO2. The predicted octanol–water partition coefficient (Wildman–Crippen LogP) is 1.24. The van der Waals surface area contributed by atoms with Crippen molar-refractivity contribution in [1.29, 1.82) is 0 Å². The Morgan fingerprint density at radius 1 is 1.67 bits per heavy atom. The molecule has 1 aliphatic rings. The fourth-order valence-electron chi connectivity index (χ4n) is 1.53. The van der Waals surface area contributed by atoms with Crippen molar-refractivity contribution in [3.8, 4) is 0 Å². The van der Waals surface area contributed by atoms with Crippen LogP contribution in [0.25, 0.3) is 0 Å². The van der Waals surface area contributed by atoms with Crippen molar-refractivity contribution in [3.05, 3.63) is 0 Å². The molecule has 1 saturated carbocycles. The lowest BCUT2D eigenvalue weighted by molar-refractivity contribution is -0.141. The van der Waals surface area contributed by atoms with Crippen molar-refractivity contribution < 1.29 is 9.90 Å². The topological polar surface area (TPSA) is 49.3 Å². The minimum Gasteiger partial charge on any atom is -0.480 e. The smallest absolute Gasteiger partial charge is 0.320 e. The molecule has 3 heteroatoms. The van der Waals surface area contributed by atoms with Gasteiger partial charge in [0.25, 0.3) is 0 Å². The summed E-state index contributed by atoms with van der Waals surface area (Å²) in [6, 6.07) is -0.293. The van der Waals surface area contributed by atoms with Crippen LogP contribution in [0.4, 0.5) is 0 Å². The second-order valence-electron chi connectivity index (χ2n) is 3.46. The zero-order valence-electron chi connectivity index (χ0n) is 7.55. The lowest BCUT2D eigenvalue weighted by Gasteiger charge is -2.31. The van der Waals surface area contributed by atoms with Crippen molar-refractivity contribution >= 4 is 5.97 Å². The lowest BCUT2D eigenvalue weighted by Crippen LogP contribution is -2.45. The van der Waals surface area contributed by atoms with Gasteiger partial charge in [-0.25, -0.2) is 0 Å². The molecule has 0 aromatic carbocycles. The average molecular weight is 171 g/mol. The normalized spacial score (nSPS) is 20.1. The van der Waals surface area contributed by atoms with E-state index in [9.17, 15) is 4.79 Å². The van der Waals surface area contributed by atoms with E-state index in [0.717, 1.165) is 25.8 Å². The molecule has 0 radical (unpaired) electrons. The van der Waals surface area contributed by atoms with E-state index in [1.807, 2.05) is 6.92 Å². The highest BCUT2D eigenvalue weighted by atomic mass is 16.4. The lowest BCUT2D eigenvalue weighted by atomic mass is 9.79. The molecule has 0 aromatic heterocycles. The van der Waals surface area contributed by atoms with E-state index in [4.69, 9.17) is 5.11 Å². The monoisotopic (exact) mass is 171 g/mol. The zero-order chi connectivity index (χ0) is 8.97. The van der Waals surface area contributed by atoms with Crippen molar-refractivity contribution in [2.45, 2.75) is 38.6 Å². The minimum atomic E-state index is -0.687. The maximum absolute atomic E-state index is 10.8. The quantitative estimate of drug-likeness (QED) is 0.654. The molecular weight excluding hydrogens is 154 g/mol. The van der Waals surface area contributed by atoms with Crippen LogP contribution in [0.2, 0.25) is 0 Å². The summed E-state index contributed by atoms with van der Waals surface area (Å²) in [6.45, 7) is 2.86. The largest absolute Gasteiger partial charge is 0.480 e. The van der Waals surface area contributed by atoms with E-state index < -0.39 is 5.97 Å². The van der Waals surface area contributed by atoms with Gasteiger partial charge in [0.15, 0.2) is 0 Å². The third-order valence-corrected chi connectivity index (χ3v) is 2.50. The number of carboxylic acid groups (broad SMARTS) is 1. The Balaban J connectivity index is 2.32. The van der Waals surface area contributed by atoms with Crippen LogP contribution in [0.1, 0.15) is 32.6 Å². The van der Waals surface area contributed by atoms with Gasteiger partial charge in [-0.05, 0) is 31.7 Å². The molecule has 0 bridgehead atoms. The molecule has 1 unspecified atom stereocenters. The van der Waals surface area contributed by atoms with Crippen LogP contribution < -0.4 is 5.32 Å². The summed E-state index contributed by atoms with van der Waals surface area (Å²) >= 11 is 0. The van der Waals surface area contributed by atoms with Crippen molar-refractivity contribution in [2.75, 3.05) is 6.54 Å². The van der Waals surface area contributed by atoms with Crippen LogP contribution >= 0.6 is 0 Å². The predicted molar refractivity (Wildman–Crippen MR) is 47.1 cm³/mol. The van der Waals surface area contributed by atoms with Gasteiger partial charge >= 0.3 is 5.97 Å². The summed E-state index contributed by atoms with van der Waals surface area (Å²) in [6.07, 6.45) is 4.35. The Hall–Kier alpha value is -0.570. The summed E-state index contributed by atoms with van der Waals surface area (Å²) in [7, 11) is 0. The summed E-state index contributed by atoms with van der Waals surface area (Å²) in [5.41, 5.74) is 0. The molecule has 1 rings (SSSR count). The van der Waals surface area contributed by atoms with Gasteiger partial charge in [-0.15, -0.1) is 0 Å². The number of hydrogen-bond donors (Lipinski definition) is 2. The molecule has 0 saturated heterocycles. The summed E-state index contributed by atoms with van der Waals surface area (Å²) in [5.74, 6) is -0.304. The van der Waals surface area contributed by atoms with Crippen molar-refractivity contribution in [3.63, 3.8) is 0 Å². The standard InChI is InChI=1S/C9H17NO2/c1-2-6-10-8(9(11)12)7-4-3-5-7/h7-8,10H,2-6H2,1H3,(H,11,12). The molecule has 0 amide bonds.